The van der Waals surface area contributed by atoms with Gasteiger partial charge in [0, 0.05) is 0 Å². The Morgan fingerprint density at radius 2 is 1.35 bits per heavy atom. The Balaban J connectivity index is -0.00000144. The standard InChI is InChI=1S/C14H26O4.K.Li/c1-4-5-6-7-8-9-10-14(11(2)3,12(15)16)13(17)18;;/h11H,4-10H2,1-3H3,(H,15,16)(H,17,18);;/q;2*+1/p-2. The van der Waals surface area contributed by atoms with Crippen LogP contribution in [-0.4, -0.2) is 11.9 Å². The third-order valence-electron chi connectivity index (χ3n) is 3.64. The molecule has 0 radical (unpaired) electrons. The topological polar surface area (TPSA) is 80.3 Å². The molecule has 6 heteroatoms. The van der Waals surface area contributed by atoms with Crippen molar-refractivity contribution in [3.63, 3.8) is 0 Å². The molecule has 0 saturated carbocycles. The van der Waals surface area contributed by atoms with Gasteiger partial charge in [0.05, 0.1) is 17.4 Å². The van der Waals surface area contributed by atoms with Crippen LogP contribution in [0.5, 0.6) is 0 Å². The van der Waals surface area contributed by atoms with Gasteiger partial charge >= 0.3 is 70.2 Å². The summed E-state index contributed by atoms with van der Waals surface area (Å²) in [6.45, 7) is 5.29. The van der Waals surface area contributed by atoms with Gasteiger partial charge in [-0.3, -0.25) is 0 Å². The van der Waals surface area contributed by atoms with E-state index in [0.29, 0.717) is 6.42 Å². The second-order valence-corrected chi connectivity index (χ2v) is 5.22. The van der Waals surface area contributed by atoms with E-state index in [0.717, 1.165) is 32.1 Å². The second kappa shape index (κ2) is 13.8. The van der Waals surface area contributed by atoms with Gasteiger partial charge in [-0.2, -0.15) is 0 Å². The van der Waals surface area contributed by atoms with Crippen molar-refractivity contribution in [2.45, 2.75) is 65.7 Å². The Labute approximate surface area is 177 Å². The van der Waals surface area contributed by atoms with Crippen LogP contribution in [0.2, 0.25) is 0 Å². The summed E-state index contributed by atoms with van der Waals surface area (Å²) in [7, 11) is 0. The Morgan fingerprint density at radius 3 is 1.70 bits per heavy atom. The number of carboxylic acids is 2. The van der Waals surface area contributed by atoms with Crippen LogP contribution in [0.15, 0.2) is 0 Å². The third-order valence-corrected chi connectivity index (χ3v) is 3.64. The summed E-state index contributed by atoms with van der Waals surface area (Å²) in [5.41, 5.74) is -1.84. The summed E-state index contributed by atoms with van der Waals surface area (Å²) in [6, 6.07) is 0. The van der Waals surface area contributed by atoms with Crippen LogP contribution in [0.25, 0.3) is 0 Å². The van der Waals surface area contributed by atoms with Gasteiger partial charge in [-0.05, 0) is 12.3 Å². The maximum absolute atomic E-state index is 11.1. The first kappa shape index (κ1) is 26.1. The van der Waals surface area contributed by atoms with Gasteiger partial charge in [0.1, 0.15) is 0 Å². The van der Waals surface area contributed by atoms with Crippen LogP contribution < -0.4 is 80.5 Å². The van der Waals surface area contributed by atoms with Crippen molar-refractivity contribution in [3.8, 4) is 0 Å². The molecule has 0 N–H and O–H groups in total. The maximum Gasteiger partial charge on any atom is 1.00 e. The van der Waals surface area contributed by atoms with Crippen LogP contribution in [-0.2, 0) is 9.59 Å². The number of carbonyl (C=O) groups excluding carboxylic acids is 2. The van der Waals surface area contributed by atoms with Crippen molar-refractivity contribution in [2.75, 3.05) is 0 Å². The summed E-state index contributed by atoms with van der Waals surface area (Å²) in [5, 5.41) is 22.3. The average molecular weight is 302 g/mol. The molecule has 4 nitrogen and oxygen atoms in total. The number of carboxylic acid groups (broad SMARTS) is 2. The van der Waals surface area contributed by atoms with Crippen molar-refractivity contribution in [2.24, 2.45) is 11.3 Å². The van der Waals surface area contributed by atoms with Crippen LogP contribution in [0.3, 0.4) is 0 Å². The van der Waals surface area contributed by atoms with E-state index in [1.807, 2.05) is 0 Å². The van der Waals surface area contributed by atoms with E-state index >= 15 is 0 Å². The van der Waals surface area contributed by atoms with E-state index in [-0.39, 0.29) is 76.7 Å². The molecule has 106 valence electrons. The van der Waals surface area contributed by atoms with E-state index in [4.69, 9.17) is 0 Å². The van der Waals surface area contributed by atoms with Crippen molar-refractivity contribution in [3.05, 3.63) is 0 Å². The fourth-order valence-corrected chi connectivity index (χ4v) is 2.23. The zero-order valence-electron chi connectivity index (χ0n) is 13.7. The summed E-state index contributed by atoms with van der Waals surface area (Å²) >= 11 is 0. The Hall–Kier alpha value is 1.17. The maximum atomic E-state index is 11.1. The molecule has 0 amide bonds. The van der Waals surface area contributed by atoms with Gasteiger partial charge in [0.15, 0.2) is 0 Å². The summed E-state index contributed by atoms with van der Waals surface area (Å²) < 4.78 is 0. The molecule has 0 atom stereocenters. The molecule has 0 aromatic heterocycles. The van der Waals surface area contributed by atoms with Crippen LogP contribution in [0, 0.1) is 11.3 Å². The first-order valence-electron chi connectivity index (χ1n) is 6.82. The van der Waals surface area contributed by atoms with Gasteiger partial charge in [-0.15, -0.1) is 0 Å². The normalized spacial score (nSPS) is 10.6. The number of hydrogen-bond acceptors (Lipinski definition) is 4. The molecular formula is C14H24KLiO4. The number of aliphatic carboxylic acids is 2. The number of unbranched alkanes of at least 4 members (excludes halogenated alkanes) is 5. The monoisotopic (exact) mass is 302 g/mol. The first-order chi connectivity index (χ1) is 8.39. The Bertz CT molecular complexity index is 268. The smallest absolute Gasteiger partial charge is 0.549 e. The molecule has 0 spiro atoms. The molecule has 0 heterocycles. The number of hydrogen-bond donors (Lipinski definition) is 0. The van der Waals surface area contributed by atoms with E-state index in [9.17, 15) is 19.8 Å². The minimum absolute atomic E-state index is 0. The molecule has 0 fully saturated rings. The van der Waals surface area contributed by atoms with Gasteiger partial charge in [-0.1, -0.05) is 59.3 Å². The van der Waals surface area contributed by atoms with Crippen LogP contribution in [0.1, 0.15) is 65.7 Å². The minimum atomic E-state index is -1.84. The number of rotatable bonds is 10. The van der Waals surface area contributed by atoms with Crippen LogP contribution >= 0.6 is 0 Å². The number of carbonyl (C=O) groups is 2. The zero-order valence-corrected chi connectivity index (χ0v) is 16.8. The third kappa shape index (κ3) is 7.98. The summed E-state index contributed by atoms with van der Waals surface area (Å²) in [6.07, 6.45) is 5.98. The Kier molecular flexibility index (Phi) is 18.0. The van der Waals surface area contributed by atoms with E-state index in [2.05, 4.69) is 6.92 Å². The molecule has 0 unspecified atom stereocenters. The molecule has 0 bridgehead atoms. The summed E-state index contributed by atoms with van der Waals surface area (Å²) in [5.74, 6) is -3.57. The minimum Gasteiger partial charge on any atom is -0.549 e. The summed E-state index contributed by atoms with van der Waals surface area (Å²) in [4.78, 5) is 22.3. The van der Waals surface area contributed by atoms with Crippen molar-refractivity contribution in [1.82, 2.24) is 0 Å². The molecule has 0 aliphatic carbocycles. The largest absolute Gasteiger partial charge is 1.00 e. The van der Waals surface area contributed by atoms with Crippen LogP contribution in [0.4, 0.5) is 0 Å². The predicted octanol–water partition coefficient (Wildman–Crippen LogP) is -5.11. The zero-order chi connectivity index (χ0) is 14.2. The molecule has 0 aliphatic heterocycles. The van der Waals surface area contributed by atoms with Gasteiger partial charge in [0.25, 0.3) is 0 Å². The van der Waals surface area contributed by atoms with Gasteiger partial charge < -0.3 is 19.8 Å². The molecular weight excluding hydrogens is 278 g/mol. The van der Waals surface area contributed by atoms with Crippen molar-refractivity contribution >= 4 is 11.9 Å². The quantitative estimate of drug-likeness (QED) is 0.230. The fraction of sp³-hybridized carbons (Fsp3) is 0.857. The van der Waals surface area contributed by atoms with Crippen molar-refractivity contribution in [1.29, 1.82) is 0 Å². The molecule has 0 rings (SSSR count). The molecule has 0 saturated heterocycles. The van der Waals surface area contributed by atoms with E-state index in [1.165, 1.54) is 0 Å². The van der Waals surface area contributed by atoms with Gasteiger partial charge in [-0.25, -0.2) is 0 Å². The van der Waals surface area contributed by atoms with E-state index < -0.39 is 23.3 Å². The van der Waals surface area contributed by atoms with Crippen molar-refractivity contribution < 1.29 is 90.0 Å². The SMILES string of the molecule is CCCCCCCCC(C(=O)[O-])(C(=O)[O-])C(C)C.[K+].[Li+]. The molecule has 20 heavy (non-hydrogen) atoms. The first-order valence-corrected chi connectivity index (χ1v) is 6.82. The average Bonchev–Trinajstić information content (AvgIpc) is 2.26. The predicted molar refractivity (Wildman–Crippen MR) is 65.3 cm³/mol. The van der Waals surface area contributed by atoms with E-state index in [1.54, 1.807) is 13.8 Å². The molecule has 0 aromatic rings. The fourth-order valence-electron chi connectivity index (χ4n) is 2.23. The molecule has 0 aliphatic rings. The second-order valence-electron chi connectivity index (χ2n) is 5.22. The Morgan fingerprint density at radius 1 is 0.950 bits per heavy atom. The van der Waals surface area contributed by atoms with Gasteiger partial charge in [0.2, 0.25) is 0 Å². The molecule has 0 aromatic carbocycles.